The Morgan fingerprint density at radius 1 is 0.964 bits per heavy atom. The predicted molar refractivity (Wildman–Crippen MR) is 119 cm³/mol. The first-order valence-electron chi connectivity index (χ1n) is 7.89. The van der Waals surface area contributed by atoms with Crippen molar-refractivity contribution in [1.29, 1.82) is 0 Å². The maximum atomic E-state index is 5.84. The summed E-state index contributed by atoms with van der Waals surface area (Å²) in [4.78, 5) is 14.1. The van der Waals surface area contributed by atoms with E-state index in [2.05, 4.69) is 20.3 Å². The number of nitrogens with one attached hydrogen (secondary N) is 1. The van der Waals surface area contributed by atoms with E-state index in [4.69, 9.17) is 74.0 Å². The first-order chi connectivity index (χ1) is 12.9. The zero-order chi connectivity index (χ0) is 20.9. The zero-order valence-electron chi connectivity index (χ0n) is 14.9. The van der Waals surface area contributed by atoms with Gasteiger partial charge in [-0.3, -0.25) is 0 Å². The van der Waals surface area contributed by atoms with Crippen molar-refractivity contribution in [1.82, 2.24) is 19.9 Å². The van der Waals surface area contributed by atoms with Crippen LogP contribution >= 0.6 is 81.4 Å². The number of rotatable bonds is 8. The van der Waals surface area contributed by atoms with E-state index >= 15 is 0 Å². The summed E-state index contributed by atoms with van der Waals surface area (Å²) in [5.41, 5.74) is 0. The van der Waals surface area contributed by atoms with Crippen LogP contribution in [0.4, 0.5) is 5.95 Å². The maximum Gasteiger partial charge on any atom is 0.250 e. The van der Waals surface area contributed by atoms with Crippen molar-refractivity contribution in [2.75, 3.05) is 31.7 Å². The van der Waals surface area contributed by atoms with Crippen LogP contribution in [0.2, 0.25) is 0 Å². The molecule has 13 heteroatoms. The van der Waals surface area contributed by atoms with Gasteiger partial charge in [0.1, 0.15) is 11.5 Å². The van der Waals surface area contributed by atoms with Crippen LogP contribution in [0.3, 0.4) is 0 Å². The van der Waals surface area contributed by atoms with E-state index in [1.807, 2.05) is 31.1 Å². The molecule has 156 valence electrons. The Labute approximate surface area is 197 Å². The summed E-state index contributed by atoms with van der Waals surface area (Å²) in [6, 6.07) is 3.96. The van der Waals surface area contributed by atoms with E-state index in [1.165, 1.54) is 0 Å². The molecule has 0 bridgehead atoms. The number of furan rings is 1. The number of alkyl halides is 6. The normalized spacial score (nSPS) is 12.6. The fraction of sp³-hybridized carbons (Fsp3) is 0.533. The van der Waals surface area contributed by atoms with E-state index in [1.54, 1.807) is 11.8 Å². The number of hydrogen-bond donors (Lipinski definition) is 1. The Balaban J connectivity index is 1.89. The zero-order valence-corrected chi connectivity index (χ0v) is 20.2. The van der Waals surface area contributed by atoms with E-state index in [0.717, 1.165) is 29.6 Å². The van der Waals surface area contributed by atoms with Gasteiger partial charge >= 0.3 is 0 Å². The second-order valence-electron chi connectivity index (χ2n) is 5.89. The molecular weight excluding hydrogens is 511 g/mol. The van der Waals surface area contributed by atoms with Gasteiger partial charge in [-0.15, -0.1) is 0 Å². The highest BCUT2D eigenvalue weighted by atomic mass is 35.6. The second kappa shape index (κ2) is 10.4. The molecular formula is C15H17Cl6N5OS. The third kappa shape index (κ3) is 8.11. The van der Waals surface area contributed by atoms with Crippen LogP contribution in [0.1, 0.15) is 23.2 Å². The monoisotopic (exact) mass is 525 g/mol. The molecule has 0 aromatic carbocycles. The molecule has 0 amide bonds. The molecule has 2 heterocycles. The van der Waals surface area contributed by atoms with Gasteiger partial charge in [-0.05, 0) is 26.2 Å². The molecule has 0 aliphatic rings. The van der Waals surface area contributed by atoms with E-state index in [0.29, 0.717) is 6.54 Å². The predicted octanol–water partition coefficient (Wildman–Crippen LogP) is 5.52. The van der Waals surface area contributed by atoms with Gasteiger partial charge in [0.15, 0.2) is 11.6 Å². The van der Waals surface area contributed by atoms with Crippen molar-refractivity contribution in [3.05, 3.63) is 35.3 Å². The van der Waals surface area contributed by atoms with Gasteiger partial charge in [0.25, 0.3) is 0 Å². The summed E-state index contributed by atoms with van der Waals surface area (Å²) >= 11 is 36.7. The molecule has 1 N–H and O–H groups in total. The Morgan fingerprint density at radius 2 is 1.54 bits per heavy atom. The minimum atomic E-state index is -1.87. The third-order valence-electron chi connectivity index (χ3n) is 3.11. The van der Waals surface area contributed by atoms with E-state index in [9.17, 15) is 0 Å². The first kappa shape index (κ1) is 24.4. The number of halogens is 6. The highest BCUT2D eigenvalue weighted by Gasteiger charge is 2.33. The summed E-state index contributed by atoms with van der Waals surface area (Å²) in [5, 5.41) is 3.02. The number of aromatic nitrogens is 3. The van der Waals surface area contributed by atoms with Gasteiger partial charge in [-0.25, -0.2) is 4.98 Å². The van der Waals surface area contributed by atoms with Crippen molar-refractivity contribution in [2.24, 2.45) is 0 Å². The Morgan fingerprint density at radius 3 is 2.07 bits per heavy atom. The molecule has 0 aliphatic heterocycles. The van der Waals surface area contributed by atoms with Crippen molar-refractivity contribution < 1.29 is 4.42 Å². The molecule has 2 rings (SSSR count). The standard InChI is InChI=1S/C15H17Cl6N5OS/c1-26(2)7-9-3-4-10(27-9)8-28-6-5-22-13-24-11(14(16,17)18)23-12(25-13)15(19,20)21/h3-4H,5-8H2,1-2H3,(H,22,23,24,25). The Hall–Kier alpha value is 0.140. The van der Waals surface area contributed by atoms with E-state index in [-0.39, 0.29) is 17.6 Å². The van der Waals surface area contributed by atoms with Crippen LogP contribution in [0.15, 0.2) is 16.5 Å². The molecule has 0 fully saturated rings. The molecule has 28 heavy (non-hydrogen) atoms. The van der Waals surface area contributed by atoms with Gasteiger partial charge in [0.05, 0.1) is 12.3 Å². The van der Waals surface area contributed by atoms with Gasteiger partial charge < -0.3 is 14.6 Å². The maximum absolute atomic E-state index is 5.84. The third-order valence-corrected chi connectivity index (χ3v) is 5.10. The SMILES string of the molecule is CN(C)Cc1ccc(CSCCNc2nc(C(Cl)(Cl)Cl)nc(C(Cl)(Cl)Cl)n2)o1. The molecule has 2 aromatic heterocycles. The first-order valence-corrected chi connectivity index (χ1v) is 11.3. The quantitative estimate of drug-likeness (QED) is 0.358. The van der Waals surface area contributed by atoms with Gasteiger partial charge in [-0.1, -0.05) is 69.6 Å². The van der Waals surface area contributed by atoms with Gasteiger partial charge in [0, 0.05) is 12.3 Å². The lowest BCUT2D eigenvalue weighted by Crippen LogP contribution is -2.19. The van der Waals surface area contributed by atoms with Crippen LogP contribution in [0, 0.1) is 0 Å². The van der Waals surface area contributed by atoms with Crippen LogP contribution < -0.4 is 5.32 Å². The highest BCUT2D eigenvalue weighted by molar-refractivity contribution is 7.98. The lowest BCUT2D eigenvalue weighted by molar-refractivity contribution is 0.344. The van der Waals surface area contributed by atoms with Crippen LogP contribution in [0.5, 0.6) is 0 Å². The van der Waals surface area contributed by atoms with Crippen molar-refractivity contribution >= 4 is 87.3 Å². The minimum absolute atomic E-state index is 0.131. The lowest BCUT2D eigenvalue weighted by atomic mass is 10.4. The van der Waals surface area contributed by atoms with Crippen LogP contribution in [0.25, 0.3) is 0 Å². The van der Waals surface area contributed by atoms with Crippen LogP contribution in [-0.2, 0) is 19.9 Å². The van der Waals surface area contributed by atoms with Gasteiger partial charge in [0.2, 0.25) is 13.5 Å². The van der Waals surface area contributed by atoms with Gasteiger partial charge in [-0.2, -0.15) is 21.7 Å². The number of thioether (sulfide) groups is 1. The molecule has 0 atom stereocenters. The fourth-order valence-corrected chi connectivity index (χ4v) is 3.27. The average Bonchev–Trinajstić information content (AvgIpc) is 2.99. The summed E-state index contributed by atoms with van der Waals surface area (Å²) in [6.07, 6.45) is 0. The Bertz CT molecular complexity index is 745. The summed E-state index contributed by atoms with van der Waals surface area (Å²) in [6.45, 7) is 1.31. The molecule has 0 saturated heterocycles. The summed E-state index contributed by atoms with van der Waals surface area (Å²) in [7, 11) is 3.98. The molecule has 0 aliphatic carbocycles. The van der Waals surface area contributed by atoms with E-state index < -0.39 is 7.59 Å². The summed E-state index contributed by atoms with van der Waals surface area (Å²) < 4.78 is 2.02. The fourth-order valence-electron chi connectivity index (χ4n) is 2.01. The molecule has 0 unspecified atom stereocenters. The smallest absolute Gasteiger partial charge is 0.250 e. The molecule has 0 spiro atoms. The number of hydrogen-bond acceptors (Lipinski definition) is 7. The second-order valence-corrected chi connectivity index (χ2v) is 11.6. The molecule has 0 radical (unpaired) electrons. The summed E-state index contributed by atoms with van der Waals surface area (Å²) in [5.74, 6) is 3.24. The molecule has 6 nitrogen and oxygen atoms in total. The number of anilines is 1. The molecule has 2 aromatic rings. The van der Waals surface area contributed by atoms with Crippen molar-refractivity contribution in [3.63, 3.8) is 0 Å². The molecule has 0 saturated carbocycles. The lowest BCUT2D eigenvalue weighted by Gasteiger charge is -2.16. The van der Waals surface area contributed by atoms with Crippen molar-refractivity contribution in [3.8, 4) is 0 Å². The highest BCUT2D eigenvalue weighted by Crippen LogP contribution is 2.40. The van der Waals surface area contributed by atoms with Crippen molar-refractivity contribution in [2.45, 2.75) is 19.9 Å². The largest absolute Gasteiger partial charge is 0.464 e. The Kier molecular flexibility index (Phi) is 9.10. The number of nitrogens with zero attached hydrogens (tertiary/aromatic N) is 4. The minimum Gasteiger partial charge on any atom is -0.464 e. The topological polar surface area (TPSA) is 67.1 Å². The average molecular weight is 528 g/mol. The van der Waals surface area contributed by atoms with Crippen LogP contribution in [-0.4, -0.2) is 46.2 Å².